The molecule has 0 bridgehead atoms. The Hall–Kier alpha value is -2.68. The van der Waals surface area contributed by atoms with Crippen LogP contribution in [0.1, 0.15) is 63.7 Å². The van der Waals surface area contributed by atoms with Crippen molar-refractivity contribution in [3.05, 3.63) is 18.0 Å². The van der Waals surface area contributed by atoms with E-state index in [2.05, 4.69) is 15.4 Å². The van der Waals surface area contributed by atoms with Gasteiger partial charge in [0, 0.05) is 25.8 Å². The van der Waals surface area contributed by atoms with Crippen LogP contribution < -0.4 is 5.32 Å². The van der Waals surface area contributed by atoms with E-state index < -0.39 is 5.60 Å². The van der Waals surface area contributed by atoms with E-state index in [0.717, 1.165) is 36.7 Å². The highest BCUT2D eigenvalue weighted by molar-refractivity contribution is 6.06. The van der Waals surface area contributed by atoms with Gasteiger partial charge in [-0.1, -0.05) is 0 Å². The summed E-state index contributed by atoms with van der Waals surface area (Å²) in [5.41, 5.74) is 1.39. The molecule has 0 unspecified atom stereocenters. The highest BCUT2D eigenvalue weighted by Crippen LogP contribution is 2.33. The molecule has 0 aliphatic heterocycles. The van der Waals surface area contributed by atoms with E-state index in [-0.39, 0.29) is 23.8 Å². The van der Waals surface area contributed by atoms with Crippen molar-refractivity contribution in [3.63, 3.8) is 0 Å². The average Bonchev–Trinajstić information content (AvgIpc) is 3.15. The molecule has 1 amide bonds. The van der Waals surface area contributed by atoms with Crippen molar-refractivity contribution in [2.45, 2.75) is 71.6 Å². The Labute approximate surface area is 183 Å². The number of amides is 1. The molecule has 9 heteroatoms. The molecule has 170 valence electrons. The van der Waals surface area contributed by atoms with Gasteiger partial charge in [0.1, 0.15) is 5.60 Å². The summed E-state index contributed by atoms with van der Waals surface area (Å²) in [7, 11) is 3.02. The number of hydroxylamine groups is 2. The number of nitrogens with one attached hydrogen (secondary N) is 1. The molecule has 1 aliphatic rings. The molecule has 0 atom stereocenters. The van der Waals surface area contributed by atoms with Gasteiger partial charge < -0.3 is 10.1 Å². The number of aryl methyl sites for hydroxylation is 1. The van der Waals surface area contributed by atoms with Gasteiger partial charge in [-0.25, -0.2) is 14.7 Å². The first-order chi connectivity index (χ1) is 14.6. The number of fused-ring (bicyclic) bond motifs is 1. The topological polar surface area (TPSA) is 98.6 Å². The van der Waals surface area contributed by atoms with Gasteiger partial charge in [-0.05, 0) is 53.4 Å². The molecular weight excluding hydrogens is 398 g/mol. The standard InChI is InChI=1S/C22H33N5O4/c1-7-27-19-16(13-24-27)18(17(12-23-19)20(28)26(5)30-6)25-15-10-8-14(9-11-15)21(29)31-22(2,3)4/h12-15H,7-11H2,1-6H3,(H,23,25). The zero-order chi connectivity index (χ0) is 22.8. The zero-order valence-electron chi connectivity index (χ0n) is 19.3. The number of pyridine rings is 1. The third-order valence-electron chi connectivity index (χ3n) is 5.57. The number of ether oxygens (including phenoxy) is 1. The highest BCUT2D eigenvalue weighted by atomic mass is 16.7. The molecule has 1 saturated carbocycles. The predicted molar refractivity (Wildman–Crippen MR) is 118 cm³/mol. The van der Waals surface area contributed by atoms with Gasteiger partial charge in [-0.2, -0.15) is 5.10 Å². The summed E-state index contributed by atoms with van der Waals surface area (Å²) in [6.45, 7) is 8.34. The third kappa shape index (κ3) is 5.15. The minimum atomic E-state index is -0.475. The largest absolute Gasteiger partial charge is 0.460 e. The van der Waals surface area contributed by atoms with Crippen LogP contribution in [0, 0.1) is 5.92 Å². The van der Waals surface area contributed by atoms with Gasteiger partial charge in [0.15, 0.2) is 5.65 Å². The number of nitrogens with zero attached hydrogens (tertiary/aromatic N) is 4. The Bertz CT molecular complexity index is 941. The lowest BCUT2D eigenvalue weighted by Crippen LogP contribution is -2.34. The number of carbonyl (C=O) groups excluding carboxylic acids is 2. The molecule has 3 rings (SSSR count). The summed E-state index contributed by atoms with van der Waals surface area (Å²) in [6, 6.07) is 0.133. The summed E-state index contributed by atoms with van der Waals surface area (Å²) >= 11 is 0. The number of carbonyl (C=O) groups is 2. The van der Waals surface area contributed by atoms with E-state index in [4.69, 9.17) is 9.57 Å². The van der Waals surface area contributed by atoms with Crippen LogP contribution in [0.4, 0.5) is 5.69 Å². The van der Waals surface area contributed by atoms with Gasteiger partial charge in [0.2, 0.25) is 0 Å². The highest BCUT2D eigenvalue weighted by Gasteiger charge is 2.31. The van der Waals surface area contributed by atoms with Crippen LogP contribution in [0.25, 0.3) is 11.0 Å². The summed E-state index contributed by atoms with van der Waals surface area (Å²) in [5, 5.41) is 9.92. The van der Waals surface area contributed by atoms with Gasteiger partial charge in [-0.3, -0.25) is 14.4 Å². The third-order valence-corrected chi connectivity index (χ3v) is 5.57. The molecule has 2 heterocycles. The molecule has 0 saturated heterocycles. The number of esters is 1. The SMILES string of the molecule is CCn1ncc2c(NC3CCC(C(=O)OC(C)(C)C)CC3)c(C(=O)N(C)OC)cnc21. The minimum Gasteiger partial charge on any atom is -0.460 e. The normalized spacial score (nSPS) is 19.3. The fraction of sp³-hybridized carbons (Fsp3) is 0.636. The van der Waals surface area contributed by atoms with Crippen molar-refractivity contribution in [1.82, 2.24) is 19.8 Å². The number of anilines is 1. The molecule has 0 spiro atoms. The molecule has 31 heavy (non-hydrogen) atoms. The Morgan fingerprint density at radius 3 is 2.48 bits per heavy atom. The molecule has 1 aliphatic carbocycles. The number of hydrogen-bond donors (Lipinski definition) is 1. The Morgan fingerprint density at radius 1 is 1.23 bits per heavy atom. The lowest BCUT2D eigenvalue weighted by atomic mass is 9.85. The summed E-state index contributed by atoms with van der Waals surface area (Å²) < 4.78 is 7.35. The van der Waals surface area contributed by atoms with Crippen molar-refractivity contribution in [2.75, 3.05) is 19.5 Å². The summed E-state index contributed by atoms with van der Waals surface area (Å²) in [4.78, 5) is 34.8. The van der Waals surface area contributed by atoms with Crippen molar-refractivity contribution in [3.8, 4) is 0 Å². The van der Waals surface area contributed by atoms with Crippen LogP contribution >= 0.6 is 0 Å². The van der Waals surface area contributed by atoms with Crippen molar-refractivity contribution in [2.24, 2.45) is 5.92 Å². The maximum atomic E-state index is 12.9. The number of aromatic nitrogens is 3. The van der Waals surface area contributed by atoms with E-state index in [1.165, 1.54) is 12.2 Å². The first kappa shape index (κ1) is 23.0. The van der Waals surface area contributed by atoms with Gasteiger partial charge in [0.25, 0.3) is 5.91 Å². The zero-order valence-corrected chi connectivity index (χ0v) is 19.3. The van der Waals surface area contributed by atoms with E-state index in [1.807, 2.05) is 27.7 Å². The molecule has 2 aromatic rings. The van der Waals surface area contributed by atoms with Gasteiger partial charge in [-0.15, -0.1) is 0 Å². The van der Waals surface area contributed by atoms with Crippen LogP contribution in [0.5, 0.6) is 0 Å². The Morgan fingerprint density at radius 2 is 1.90 bits per heavy atom. The van der Waals surface area contributed by atoms with Crippen molar-refractivity contribution >= 4 is 28.6 Å². The fourth-order valence-corrected chi connectivity index (χ4v) is 3.89. The molecule has 0 aromatic carbocycles. The average molecular weight is 432 g/mol. The summed E-state index contributed by atoms with van der Waals surface area (Å²) in [5.74, 6) is -0.497. The molecular formula is C22H33N5O4. The lowest BCUT2D eigenvalue weighted by molar-refractivity contribution is -0.161. The molecule has 1 fully saturated rings. The quantitative estimate of drug-likeness (QED) is 0.553. The van der Waals surface area contributed by atoms with Crippen LogP contribution in [0.3, 0.4) is 0 Å². The molecule has 1 N–H and O–H groups in total. The van der Waals surface area contributed by atoms with Crippen LogP contribution in [0.2, 0.25) is 0 Å². The maximum absolute atomic E-state index is 12.9. The molecule has 9 nitrogen and oxygen atoms in total. The van der Waals surface area contributed by atoms with Gasteiger partial charge >= 0.3 is 5.97 Å². The maximum Gasteiger partial charge on any atom is 0.309 e. The monoisotopic (exact) mass is 431 g/mol. The molecule has 0 radical (unpaired) electrons. The van der Waals surface area contributed by atoms with E-state index >= 15 is 0 Å². The van der Waals surface area contributed by atoms with Crippen molar-refractivity contribution < 1.29 is 19.2 Å². The smallest absolute Gasteiger partial charge is 0.309 e. The summed E-state index contributed by atoms with van der Waals surface area (Å²) in [6.07, 6.45) is 6.42. The van der Waals surface area contributed by atoms with Crippen LogP contribution in [0.15, 0.2) is 12.4 Å². The first-order valence-electron chi connectivity index (χ1n) is 10.8. The van der Waals surface area contributed by atoms with Crippen LogP contribution in [-0.2, 0) is 20.9 Å². The predicted octanol–water partition coefficient (Wildman–Crippen LogP) is 3.40. The molecule has 2 aromatic heterocycles. The minimum absolute atomic E-state index is 0.0849. The lowest BCUT2D eigenvalue weighted by Gasteiger charge is -2.31. The number of hydrogen-bond acceptors (Lipinski definition) is 7. The van der Waals surface area contributed by atoms with E-state index in [1.54, 1.807) is 24.1 Å². The number of rotatable bonds is 6. The fourth-order valence-electron chi connectivity index (χ4n) is 3.89. The Kier molecular flexibility index (Phi) is 6.83. The van der Waals surface area contributed by atoms with Crippen molar-refractivity contribution in [1.29, 1.82) is 0 Å². The van der Waals surface area contributed by atoms with Crippen LogP contribution in [-0.4, -0.2) is 57.5 Å². The first-order valence-corrected chi connectivity index (χ1v) is 10.8. The van der Waals surface area contributed by atoms with E-state index in [0.29, 0.717) is 17.8 Å². The van der Waals surface area contributed by atoms with E-state index in [9.17, 15) is 9.59 Å². The second-order valence-corrected chi connectivity index (χ2v) is 8.96. The van der Waals surface area contributed by atoms with Gasteiger partial charge in [0.05, 0.1) is 35.9 Å². The Balaban J connectivity index is 1.81. The second-order valence-electron chi connectivity index (χ2n) is 8.96. The second kappa shape index (κ2) is 9.21.